The van der Waals surface area contributed by atoms with Crippen molar-refractivity contribution in [1.82, 2.24) is 19.8 Å². The Morgan fingerprint density at radius 3 is 1.19 bits per heavy atom. The number of amides is 2. The molecule has 14 rings (SSSR count). The molecule has 18 atom stereocenters. The van der Waals surface area contributed by atoms with Crippen LogP contribution in [0.4, 0.5) is 11.4 Å². The zero-order chi connectivity index (χ0) is 89.9. The number of phenols is 6. The number of ketones is 2. The van der Waals surface area contributed by atoms with Crippen molar-refractivity contribution in [2.45, 2.75) is 228 Å². The zero-order valence-electron chi connectivity index (χ0n) is 73.6. The molecular formula is C92H126N8O23. The number of benzene rings is 4. The lowest BCUT2D eigenvalue weighted by Gasteiger charge is -2.38. The van der Waals surface area contributed by atoms with Gasteiger partial charge in [-0.25, -0.2) is 0 Å². The van der Waals surface area contributed by atoms with Gasteiger partial charge < -0.3 is 100.0 Å². The van der Waals surface area contributed by atoms with Crippen LogP contribution in [0.5, 0.6) is 46.0 Å². The van der Waals surface area contributed by atoms with Crippen LogP contribution in [0, 0.1) is 61.2 Å². The quantitative estimate of drug-likeness (QED) is 0.0320. The van der Waals surface area contributed by atoms with Gasteiger partial charge >= 0.3 is 17.5 Å². The molecule has 2 aliphatic carbocycles. The third kappa shape index (κ3) is 19.2. The van der Waals surface area contributed by atoms with Crippen LogP contribution in [0.2, 0.25) is 0 Å². The standard InChI is InChI=1S/C47H64N4O12.C45H62N4O11/c1-24-13-12-14-25(2)46(59)49-37-32(23-48-51-20-18-50(19-21-51)31-15-10-11-16-31)41(56)34-35(42(37)57)40(55)29(6)44-36(34)45(58)47(8,63-44)61-22-17-33(60-9)26(3)43(62-30(7)52)28(5)39(54)27(4)38(24)53;1-23-12-11-13-24(2)44(57)47-35-30(22-46-49-19-17-48(18-20-49)29-14-9-10-15-29)40(54)32-33(41(35)55)39(53)28(6)42-34(32)43(56)45(7,60-42)59-21-16-31(58-8)25(3)37(51)27(5)38(52)26(4)36(23)50/h12-14,17,22-24,26-28,31,33,38-39,43,53-57H,10-11,15-16,18-21H2,1-9H3,(H,49,59);11-13,16,21-23,25-27,29,31,36-38,50-55H,9-10,14-15,17-20H2,1-8H3,(H,47,57)/b13-12+,22-17+,25-14-,48-23+;12-11+,21-16+,24-13-,46-22+/t24-,26+,27+,28+,33-,38-,39+,43+,47-;23-,25+,26+,27-,31-,36-,37+,38+,45-/m00/s1. The second kappa shape index (κ2) is 39.2. The number of nitrogens with zero attached hydrogens (tertiary/aromatic N) is 6. The van der Waals surface area contributed by atoms with Crippen LogP contribution in [-0.2, 0) is 38.1 Å². The number of hydrogen-bond acceptors (Lipinski definition) is 29. The van der Waals surface area contributed by atoms with E-state index in [1.54, 1.807) is 86.6 Å². The highest BCUT2D eigenvalue weighted by molar-refractivity contribution is 6.25. The van der Waals surface area contributed by atoms with Crippen molar-refractivity contribution >= 4 is 74.7 Å². The monoisotopic (exact) mass is 1710 g/mol. The predicted molar refractivity (Wildman–Crippen MR) is 464 cm³/mol. The van der Waals surface area contributed by atoms with E-state index in [1.165, 1.54) is 156 Å². The van der Waals surface area contributed by atoms with Crippen molar-refractivity contribution in [3.05, 3.63) is 106 Å². The zero-order valence-corrected chi connectivity index (χ0v) is 73.6. The number of carbonyl (C=O) groups excluding carboxylic acids is 5. The van der Waals surface area contributed by atoms with Crippen LogP contribution >= 0.6 is 0 Å². The maximum atomic E-state index is 14.5. The van der Waals surface area contributed by atoms with E-state index in [-0.39, 0.29) is 88.9 Å². The Morgan fingerprint density at radius 2 is 0.821 bits per heavy atom. The largest absolute Gasteiger partial charge is 0.507 e. The van der Waals surface area contributed by atoms with Gasteiger partial charge in [-0.2, -0.15) is 10.2 Å². The maximum Gasteiger partial charge on any atom is 0.312 e. The SMILES string of the molecule is CO[C@H]1/C=C/O[C@@]2(C)Oc3c(C)c(O)c4c(O)c(c(/C=N/N5CCN(C6CCCC6)CC5)c(O)c4c3C2=O)NC(=O)/C(C)=C\C=C\[C@H](C)[C@H](O)[C@@H](C)[C@@H](O)[C@@H](C)[C@H](O)[C@@H]1C.CO[C@H]1/C=C/O[C@@]2(C)Oc3c(C)c(O)c4c(O)c(c(/C=N/N5CCN(C6CCCC6)CC5)c(O)c4c3C2=O)NC(=O)/C(C)=C\C=C\[C@H](C)[C@H](O)[C@@H](C)[C@@H](O)[C@@H](C)[C@H](OC(C)=O)[C@@H]1C. The number of Topliss-reactive ketones (excluding diaryl/α,β-unsaturated/α-hetero) is 2. The molecule has 0 spiro atoms. The number of phenolic OH excluding ortho intramolecular Hbond substituents is 6. The summed E-state index contributed by atoms with van der Waals surface area (Å²) in [5, 5.41) is 146. The smallest absolute Gasteiger partial charge is 0.312 e. The summed E-state index contributed by atoms with van der Waals surface area (Å²) < 4.78 is 41.5. The van der Waals surface area contributed by atoms with Crippen molar-refractivity contribution in [3.8, 4) is 46.0 Å². The highest BCUT2D eigenvalue weighted by Crippen LogP contribution is 2.58. The molecular weight excluding hydrogens is 1590 g/mol. The molecule has 31 heteroatoms. The van der Waals surface area contributed by atoms with Crippen molar-refractivity contribution in [2.75, 3.05) is 77.2 Å². The Bertz CT molecular complexity index is 4860. The number of carbonyl (C=O) groups is 5. The van der Waals surface area contributed by atoms with E-state index in [1.807, 2.05) is 10.0 Å². The molecule has 10 aliphatic rings. The first-order chi connectivity index (χ1) is 58.2. The van der Waals surface area contributed by atoms with Crippen molar-refractivity contribution in [3.63, 3.8) is 0 Å². The van der Waals surface area contributed by atoms with Crippen LogP contribution in [-0.4, -0.2) is 257 Å². The molecule has 2 amide bonds. The fourth-order valence-electron chi connectivity index (χ4n) is 18.6. The fraction of sp³-hybridized carbons (Fsp3) is 0.576. The van der Waals surface area contributed by atoms with E-state index >= 15 is 0 Å². The maximum absolute atomic E-state index is 14.5. The molecule has 10 bridgehead atoms. The molecule has 8 heterocycles. The number of aromatic hydroxyl groups is 6. The van der Waals surface area contributed by atoms with Crippen LogP contribution in [0.15, 0.2) is 82.5 Å². The lowest BCUT2D eigenvalue weighted by molar-refractivity contribution is -0.160. The summed E-state index contributed by atoms with van der Waals surface area (Å²) in [6, 6.07) is 1.11. The number of allylic oxidation sites excluding steroid dienone is 4. The number of fused-ring (bicyclic) bond motifs is 28. The molecule has 13 N–H and O–H groups in total. The van der Waals surface area contributed by atoms with Gasteiger partial charge in [0.2, 0.25) is 0 Å². The molecule has 672 valence electrons. The molecule has 4 aromatic rings. The Labute approximate surface area is 718 Å². The number of hydrogen-bond donors (Lipinski definition) is 13. The number of anilines is 2. The summed E-state index contributed by atoms with van der Waals surface area (Å²) >= 11 is 0. The van der Waals surface area contributed by atoms with E-state index in [4.69, 9.17) is 33.2 Å². The van der Waals surface area contributed by atoms with Gasteiger partial charge in [0.05, 0.1) is 112 Å². The van der Waals surface area contributed by atoms with Crippen molar-refractivity contribution in [2.24, 2.45) is 57.5 Å². The van der Waals surface area contributed by atoms with Crippen LogP contribution < -0.4 is 20.1 Å². The van der Waals surface area contributed by atoms with E-state index in [2.05, 4.69) is 30.6 Å². The number of aliphatic hydroxyl groups excluding tert-OH is 5. The Balaban J connectivity index is 0.000000240. The number of esters is 1. The fourth-order valence-corrected chi connectivity index (χ4v) is 18.6. The summed E-state index contributed by atoms with van der Waals surface area (Å²) in [5.74, 6) is -15.8. The molecule has 2 saturated heterocycles. The highest BCUT2D eigenvalue weighted by atomic mass is 16.7. The molecule has 0 radical (unpaired) electrons. The number of aliphatic hydroxyl groups is 5. The van der Waals surface area contributed by atoms with Gasteiger partial charge in [-0.15, -0.1) is 0 Å². The molecule has 8 aliphatic heterocycles. The Hall–Kier alpha value is -9.83. The molecule has 31 nitrogen and oxygen atoms in total. The first kappa shape index (κ1) is 93.9. The van der Waals surface area contributed by atoms with Crippen molar-refractivity contribution < 1.29 is 113 Å². The van der Waals surface area contributed by atoms with Crippen LogP contribution in [0.1, 0.15) is 184 Å². The molecule has 0 aromatic heterocycles. The second-order valence-electron chi connectivity index (χ2n) is 35.0. The van der Waals surface area contributed by atoms with E-state index in [9.17, 15) is 80.1 Å². The summed E-state index contributed by atoms with van der Waals surface area (Å²) in [7, 11) is 2.89. The van der Waals surface area contributed by atoms with Gasteiger partial charge in [0.1, 0.15) is 40.6 Å². The van der Waals surface area contributed by atoms with E-state index in [0.717, 1.165) is 26.2 Å². The Morgan fingerprint density at radius 1 is 0.472 bits per heavy atom. The highest BCUT2D eigenvalue weighted by Gasteiger charge is 2.52. The number of nitrogens with one attached hydrogen (secondary N) is 2. The Kier molecular flexibility index (Phi) is 29.9. The molecule has 123 heavy (non-hydrogen) atoms. The second-order valence-corrected chi connectivity index (χ2v) is 35.0. The lowest BCUT2D eigenvalue weighted by Crippen LogP contribution is -2.47. The first-order valence-corrected chi connectivity index (χ1v) is 42.9. The van der Waals surface area contributed by atoms with Crippen molar-refractivity contribution in [1.29, 1.82) is 0 Å². The molecule has 4 aromatic carbocycles. The summed E-state index contributed by atoms with van der Waals surface area (Å²) in [6.45, 7) is 29.5. The minimum Gasteiger partial charge on any atom is -0.507 e. The summed E-state index contributed by atoms with van der Waals surface area (Å²) in [6.07, 6.45) is 19.5. The van der Waals surface area contributed by atoms with Gasteiger partial charge in [0.25, 0.3) is 23.4 Å². The van der Waals surface area contributed by atoms with Gasteiger partial charge in [0.15, 0.2) is 11.5 Å². The van der Waals surface area contributed by atoms with E-state index < -0.39 is 172 Å². The number of piperazine rings is 2. The minimum atomic E-state index is -2.04. The normalized spacial score (nSPS) is 32.9. The van der Waals surface area contributed by atoms with Gasteiger partial charge in [-0.3, -0.25) is 43.8 Å². The van der Waals surface area contributed by atoms with Gasteiger partial charge in [-0.1, -0.05) is 118 Å². The topological polar surface area (TPSA) is 434 Å². The van der Waals surface area contributed by atoms with E-state index in [0.29, 0.717) is 38.3 Å². The number of ether oxygens (including phenoxy) is 7. The average molecular weight is 1710 g/mol. The third-order valence-corrected chi connectivity index (χ3v) is 26.8. The molecule has 4 fully saturated rings. The van der Waals surface area contributed by atoms with Gasteiger partial charge in [0, 0.05) is 180 Å². The van der Waals surface area contributed by atoms with Crippen LogP contribution in [0.25, 0.3) is 21.5 Å². The average Bonchev–Trinajstić information content (AvgIpc) is 1.60. The predicted octanol–water partition coefficient (Wildman–Crippen LogP) is 10.7. The number of methoxy groups -OCH3 is 2. The lowest BCUT2D eigenvalue weighted by atomic mass is 9.78. The molecule has 2 saturated carbocycles. The molecule has 0 unspecified atom stereocenters. The van der Waals surface area contributed by atoms with Gasteiger partial charge in [-0.05, 0) is 65.5 Å². The number of hydrazone groups is 2. The first-order valence-electron chi connectivity index (χ1n) is 42.9. The number of rotatable bonds is 9. The third-order valence-electron chi connectivity index (χ3n) is 26.8. The summed E-state index contributed by atoms with van der Waals surface area (Å²) in [4.78, 5) is 73.9. The summed E-state index contributed by atoms with van der Waals surface area (Å²) in [5.41, 5.74) is -0.525. The minimum absolute atomic E-state index is 0.0631. The van der Waals surface area contributed by atoms with Crippen LogP contribution in [0.3, 0.4) is 0 Å².